The van der Waals surface area contributed by atoms with Crippen LogP contribution in [0.25, 0.3) is 11.3 Å². The second-order valence-corrected chi connectivity index (χ2v) is 8.10. The predicted molar refractivity (Wildman–Crippen MR) is 113 cm³/mol. The fourth-order valence-electron chi connectivity index (χ4n) is 3.97. The maximum atomic E-state index is 13.1. The van der Waals surface area contributed by atoms with Crippen molar-refractivity contribution in [2.75, 3.05) is 19.5 Å². The van der Waals surface area contributed by atoms with Crippen LogP contribution in [0.15, 0.2) is 42.7 Å². The molecule has 3 aromatic rings. The monoisotopic (exact) mass is 391 g/mol. The number of fused-ring (bicyclic) bond motifs is 1. The van der Waals surface area contributed by atoms with Gasteiger partial charge in [-0.15, -0.1) is 0 Å². The largest absolute Gasteiger partial charge is 0.493 e. The molecule has 1 aliphatic carbocycles. The molecule has 6 nitrogen and oxygen atoms in total. The molecule has 0 radical (unpaired) electrons. The lowest BCUT2D eigenvalue weighted by atomic mass is 9.76. The minimum absolute atomic E-state index is 0.0644. The van der Waals surface area contributed by atoms with Crippen LogP contribution in [0.3, 0.4) is 0 Å². The van der Waals surface area contributed by atoms with Gasteiger partial charge in [0.15, 0.2) is 17.3 Å². The van der Waals surface area contributed by atoms with Crippen molar-refractivity contribution in [3.63, 3.8) is 0 Å². The average molecular weight is 391 g/mol. The Kier molecular flexibility index (Phi) is 4.78. The van der Waals surface area contributed by atoms with Gasteiger partial charge in [-0.3, -0.25) is 9.78 Å². The van der Waals surface area contributed by atoms with Gasteiger partial charge < -0.3 is 19.8 Å². The average Bonchev–Trinajstić information content (AvgIpc) is 3.05. The second kappa shape index (κ2) is 7.28. The fourth-order valence-corrected chi connectivity index (χ4v) is 3.97. The highest BCUT2D eigenvalue weighted by molar-refractivity contribution is 6.07. The zero-order valence-corrected chi connectivity index (χ0v) is 17.1. The number of nitrogens with one attached hydrogen (secondary N) is 2. The van der Waals surface area contributed by atoms with Crippen molar-refractivity contribution in [2.45, 2.75) is 26.7 Å². The molecular weight excluding hydrogens is 366 g/mol. The Hall–Kier alpha value is -3.28. The summed E-state index contributed by atoms with van der Waals surface area (Å²) in [4.78, 5) is 20.7. The van der Waals surface area contributed by atoms with Gasteiger partial charge >= 0.3 is 0 Å². The Labute approximate surface area is 170 Å². The van der Waals surface area contributed by atoms with Crippen molar-refractivity contribution in [2.24, 2.45) is 5.41 Å². The molecule has 2 heterocycles. The SMILES string of the molecule is COc1ccc(Nc2c(-c3ccncc3)[nH]c3c2C(=O)CC(C)(C)C3)cc1OC. The number of Topliss-reactive ketones (excluding diaryl/α,β-unsaturated/α-hetero) is 1. The Bertz CT molecular complexity index is 1050. The zero-order chi connectivity index (χ0) is 20.6. The van der Waals surface area contributed by atoms with Crippen LogP contribution < -0.4 is 14.8 Å². The molecule has 2 aromatic heterocycles. The van der Waals surface area contributed by atoms with E-state index in [4.69, 9.17) is 9.47 Å². The number of rotatable bonds is 5. The van der Waals surface area contributed by atoms with Crippen LogP contribution in [0, 0.1) is 5.41 Å². The summed E-state index contributed by atoms with van der Waals surface area (Å²) < 4.78 is 10.8. The van der Waals surface area contributed by atoms with Crippen LogP contribution in [0.4, 0.5) is 11.4 Å². The molecule has 0 aliphatic heterocycles. The number of ketones is 1. The third-order valence-electron chi connectivity index (χ3n) is 5.27. The maximum Gasteiger partial charge on any atom is 0.167 e. The smallest absolute Gasteiger partial charge is 0.167 e. The van der Waals surface area contributed by atoms with Gasteiger partial charge in [0.05, 0.1) is 31.2 Å². The molecule has 0 atom stereocenters. The number of hydrogen-bond acceptors (Lipinski definition) is 5. The number of anilines is 2. The first kappa shape index (κ1) is 19.1. The van der Waals surface area contributed by atoms with Gasteiger partial charge in [0.2, 0.25) is 0 Å². The molecule has 0 unspecified atom stereocenters. The number of pyridine rings is 1. The first-order valence-electron chi connectivity index (χ1n) is 9.59. The quantitative estimate of drug-likeness (QED) is 0.641. The van der Waals surface area contributed by atoms with E-state index in [1.54, 1.807) is 26.6 Å². The Morgan fingerprint density at radius 2 is 1.76 bits per heavy atom. The normalized spacial score (nSPS) is 15.0. The lowest BCUT2D eigenvalue weighted by Crippen LogP contribution is -2.26. The standard InChI is InChI=1S/C23H25N3O3/c1-23(2)12-16-20(17(27)13-23)22(21(26-16)14-7-9-24-10-8-14)25-15-5-6-18(28-3)19(11-15)29-4/h5-11,25-26H,12-13H2,1-4H3. The van der Waals surface area contributed by atoms with Crippen molar-refractivity contribution < 1.29 is 14.3 Å². The first-order valence-corrected chi connectivity index (χ1v) is 9.59. The molecule has 1 aliphatic rings. The lowest BCUT2D eigenvalue weighted by molar-refractivity contribution is 0.0912. The van der Waals surface area contributed by atoms with Gasteiger partial charge in [0, 0.05) is 41.8 Å². The van der Waals surface area contributed by atoms with Gasteiger partial charge in [0.25, 0.3) is 0 Å². The summed E-state index contributed by atoms with van der Waals surface area (Å²) in [7, 11) is 3.21. The molecule has 1 aromatic carbocycles. The summed E-state index contributed by atoms with van der Waals surface area (Å²) in [6.07, 6.45) is 4.84. The van der Waals surface area contributed by atoms with Gasteiger partial charge in [-0.1, -0.05) is 13.8 Å². The zero-order valence-electron chi connectivity index (χ0n) is 17.1. The summed E-state index contributed by atoms with van der Waals surface area (Å²) >= 11 is 0. The molecule has 6 heteroatoms. The topological polar surface area (TPSA) is 76.2 Å². The number of aromatic nitrogens is 2. The van der Waals surface area contributed by atoms with Crippen LogP contribution >= 0.6 is 0 Å². The first-order chi connectivity index (χ1) is 13.9. The molecule has 0 spiro atoms. The molecule has 0 amide bonds. The summed E-state index contributed by atoms with van der Waals surface area (Å²) in [6.45, 7) is 4.25. The van der Waals surface area contributed by atoms with Crippen molar-refractivity contribution in [3.8, 4) is 22.8 Å². The van der Waals surface area contributed by atoms with Crippen LogP contribution in [0.2, 0.25) is 0 Å². The Balaban J connectivity index is 1.84. The molecule has 150 valence electrons. The van der Waals surface area contributed by atoms with E-state index in [0.717, 1.165) is 40.3 Å². The van der Waals surface area contributed by atoms with Crippen molar-refractivity contribution >= 4 is 17.2 Å². The predicted octanol–water partition coefficient (Wildman–Crippen LogP) is 4.99. The van der Waals surface area contributed by atoms with Crippen molar-refractivity contribution in [1.29, 1.82) is 0 Å². The van der Waals surface area contributed by atoms with Gasteiger partial charge in [-0.25, -0.2) is 0 Å². The molecule has 2 N–H and O–H groups in total. The molecule has 29 heavy (non-hydrogen) atoms. The van der Waals surface area contributed by atoms with E-state index in [9.17, 15) is 4.79 Å². The third kappa shape index (κ3) is 3.58. The molecule has 0 bridgehead atoms. The van der Waals surface area contributed by atoms with E-state index >= 15 is 0 Å². The fraction of sp³-hybridized carbons (Fsp3) is 0.304. The summed E-state index contributed by atoms with van der Waals surface area (Å²) in [5.74, 6) is 1.43. The van der Waals surface area contributed by atoms with Gasteiger partial charge in [-0.2, -0.15) is 0 Å². The van der Waals surface area contributed by atoms with E-state index in [-0.39, 0.29) is 11.2 Å². The lowest BCUT2D eigenvalue weighted by Gasteiger charge is -2.28. The molecular formula is C23H25N3O3. The molecule has 4 rings (SSSR count). The van der Waals surface area contributed by atoms with Crippen molar-refractivity contribution in [3.05, 3.63) is 54.0 Å². The Morgan fingerprint density at radius 3 is 2.45 bits per heavy atom. The number of carbonyl (C=O) groups excluding carboxylic acids is 1. The highest BCUT2D eigenvalue weighted by Crippen LogP contribution is 2.43. The number of hydrogen-bond donors (Lipinski definition) is 2. The number of carbonyl (C=O) groups is 1. The number of H-pyrrole nitrogens is 1. The maximum absolute atomic E-state index is 13.1. The minimum Gasteiger partial charge on any atom is -0.493 e. The van der Waals surface area contributed by atoms with Crippen LogP contribution in [0.5, 0.6) is 11.5 Å². The number of aromatic amines is 1. The van der Waals surface area contributed by atoms with E-state index in [1.165, 1.54) is 0 Å². The van der Waals surface area contributed by atoms with Crippen LogP contribution in [-0.2, 0) is 6.42 Å². The third-order valence-corrected chi connectivity index (χ3v) is 5.27. The summed E-state index contributed by atoms with van der Waals surface area (Å²) in [5, 5.41) is 3.45. The van der Waals surface area contributed by atoms with Crippen LogP contribution in [-0.4, -0.2) is 30.0 Å². The number of nitrogens with zero attached hydrogens (tertiary/aromatic N) is 1. The number of methoxy groups -OCH3 is 2. The van der Waals surface area contributed by atoms with E-state index in [2.05, 4.69) is 29.1 Å². The number of benzene rings is 1. The summed E-state index contributed by atoms with van der Waals surface area (Å²) in [6, 6.07) is 9.50. The minimum atomic E-state index is -0.0644. The highest BCUT2D eigenvalue weighted by Gasteiger charge is 2.35. The second-order valence-electron chi connectivity index (χ2n) is 8.10. The summed E-state index contributed by atoms with van der Waals surface area (Å²) in [5.41, 5.74) is 5.12. The van der Waals surface area contributed by atoms with E-state index < -0.39 is 0 Å². The highest BCUT2D eigenvalue weighted by atomic mass is 16.5. The van der Waals surface area contributed by atoms with Gasteiger partial charge in [-0.05, 0) is 36.1 Å². The molecule has 0 saturated carbocycles. The number of ether oxygens (including phenoxy) is 2. The van der Waals surface area contributed by atoms with Gasteiger partial charge in [0.1, 0.15) is 0 Å². The van der Waals surface area contributed by atoms with Crippen LogP contribution in [0.1, 0.15) is 36.3 Å². The van der Waals surface area contributed by atoms with E-state index in [1.807, 2.05) is 30.3 Å². The molecule has 0 saturated heterocycles. The van der Waals surface area contributed by atoms with Crippen molar-refractivity contribution in [1.82, 2.24) is 9.97 Å². The van der Waals surface area contributed by atoms with E-state index in [0.29, 0.717) is 17.9 Å². The Morgan fingerprint density at radius 1 is 1.03 bits per heavy atom. The molecule has 0 fully saturated rings.